The maximum absolute atomic E-state index is 11.3. The van der Waals surface area contributed by atoms with Crippen molar-refractivity contribution in [1.82, 2.24) is 9.55 Å². The Kier molecular flexibility index (Phi) is 4.30. The van der Waals surface area contributed by atoms with Gasteiger partial charge in [0.1, 0.15) is 6.04 Å². The second-order valence-corrected chi connectivity index (χ2v) is 4.33. The van der Waals surface area contributed by atoms with Crippen molar-refractivity contribution in [2.75, 3.05) is 7.11 Å². The van der Waals surface area contributed by atoms with Crippen LogP contribution < -0.4 is 5.73 Å². The highest BCUT2D eigenvalue weighted by atomic mass is 16.5. The summed E-state index contributed by atoms with van der Waals surface area (Å²) in [5.41, 5.74) is 7.86. The second kappa shape index (κ2) is 6.15. The number of rotatable bonds is 5. The Morgan fingerprint density at radius 2 is 2.16 bits per heavy atom. The van der Waals surface area contributed by atoms with Crippen molar-refractivity contribution in [2.24, 2.45) is 5.73 Å². The van der Waals surface area contributed by atoms with Crippen molar-refractivity contribution in [1.29, 1.82) is 0 Å². The van der Waals surface area contributed by atoms with E-state index < -0.39 is 12.0 Å². The van der Waals surface area contributed by atoms with Crippen LogP contribution in [0.25, 0.3) is 0 Å². The first-order valence-electron chi connectivity index (χ1n) is 6.07. The van der Waals surface area contributed by atoms with Gasteiger partial charge in [-0.3, -0.25) is 4.79 Å². The largest absolute Gasteiger partial charge is 0.468 e. The number of methoxy groups -OCH3 is 1. The Labute approximate surface area is 112 Å². The summed E-state index contributed by atoms with van der Waals surface area (Å²) >= 11 is 0. The van der Waals surface area contributed by atoms with Gasteiger partial charge >= 0.3 is 5.97 Å². The zero-order valence-corrected chi connectivity index (χ0v) is 10.8. The average molecular weight is 259 g/mol. The number of nitrogens with zero attached hydrogens (tertiary/aromatic N) is 2. The number of aromatic nitrogens is 2. The molecular formula is C14H17N3O2. The summed E-state index contributed by atoms with van der Waals surface area (Å²) in [6.45, 7) is 0.712. The number of nitrogens with two attached hydrogens (primary N) is 1. The van der Waals surface area contributed by atoms with Gasteiger partial charge in [-0.05, 0) is 5.56 Å². The maximum Gasteiger partial charge on any atom is 0.323 e. The van der Waals surface area contributed by atoms with Crippen LogP contribution >= 0.6 is 0 Å². The fraction of sp³-hybridized carbons (Fsp3) is 0.286. The maximum atomic E-state index is 11.3. The third kappa shape index (κ3) is 3.42. The summed E-state index contributed by atoms with van der Waals surface area (Å²) < 4.78 is 6.61. The smallest absolute Gasteiger partial charge is 0.323 e. The number of carbonyl (C=O) groups is 1. The summed E-state index contributed by atoms with van der Waals surface area (Å²) in [6, 6.07) is 9.40. The SMILES string of the molecule is COC(=O)[C@@H](N)Cc1cncn1Cc1ccccc1. The van der Waals surface area contributed by atoms with Gasteiger partial charge in [0.25, 0.3) is 0 Å². The van der Waals surface area contributed by atoms with Crippen molar-refractivity contribution in [3.63, 3.8) is 0 Å². The van der Waals surface area contributed by atoms with E-state index >= 15 is 0 Å². The average Bonchev–Trinajstić information content (AvgIpc) is 2.86. The number of hydrogen-bond acceptors (Lipinski definition) is 4. The number of esters is 1. The van der Waals surface area contributed by atoms with Crippen molar-refractivity contribution in [2.45, 2.75) is 19.0 Å². The lowest BCUT2D eigenvalue weighted by molar-refractivity contribution is -0.142. The third-order valence-electron chi connectivity index (χ3n) is 2.93. The molecule has 0 aliphatic rings. The second-order valence-electron chi connectivity index (χ2n) is 4.33. The quantitative estimate of drug-likeness (QED) is 0.812. The van der Waals surface area contributed by atoms with E-state index in [1.54, 1.807) is 12.5 Å². The van der Waals surface area contributed by atoms with Gasteiger partial charge in [0.15, 0.2) is 0 Å². The van der Waals surface area contributed by atoms with Gasteiger partial charge < -0.3 is 15.0 Å². The molecule has 5 heteroatoms. The number of imidazole rings is 1. The predicted molar refractivity (Wildman–Crippen MR) is 71.5 cm³/mol. The number of carbonyl (C=O) groups excluding carboxylic acids is 1. The van der Waals surface area contributed by atoms with Crippen LogP contribution in [0.15, 0.2) is 42.9 Å². The molecule has 1 aromatic heterocycles. The zero-order chi connectivity index (χ0) is 13.7. The van der Waals surface area contributed by atoms with Crippen LogP contribution in [-0.4, -0.2) is 28.7 Å². The molecule has 0 aliphatic carbocycles. The van der Waals surface area contributed by atoms with Crippen LogP contribution in [0.3, 0.4) is 0 Å². The van der Waals surface area contributed by atoms with Gasteiger partial charge in [0, 0.05) is 24.9 Å². The molecule has 0 fully saturated rings. The van der Waals surface area contributed by atoms with Gasteiger partial charge in [-0.1, -0.05) is 30.3 Å². The third-order valence-corrected chi connectivity index (χ3v) is 2.93. The topological polar surface area (TPSA) is 70.1 Å². The molecule has 5 nitrogen and oxygen atoms in total. The molecule has 0 spiro atoms. The molecule has 1 aromatic carbocycles. The van der Waals surface area contributed by atoms with Crippen LogP contribution in [0.5, 0.6) is 0 Å². The molecule has 0 saturated heterocycles. The van der Waals surface area contributed by atoms with Gasteiger partial charge in [0.05, 0.1) is 13.4 Å². The fourth-order valence-electron chi connectivity index (χ4n) is 1.90. The molecule has 100 valence electrons. The van der Waals surface area contributed by atoms with Crippen LogP contribution in [0.1, 0.15) is 11.3 Å². The monoisotopic (exact) mass is 259 g/mol. The van der Waals surface area contributed by atoms with E-state index in [-0.39, 0.29) is 0 Å². The summed E-state index contributed by atoms with van der Waals surface area (Å²) in [4.78, 5) is 15.4. The van der Waals surface area contributed by atoms with Crippen LogP contribution in [0.2, 0.25) is 0 Å². The molecule has 0 amide bonds. The van der Waals surface area contributed by atoms with Crippen LogP contribution in [-0.2, 0) is 22.5 Å². The molecule has 1 atom stereocenters. The lowest BCUT2D eigenvalue weighted by Crippen LogP contribution is -2.34. The highest BCUT2D eigenvalue weighted by Gasteiger charge is 2.16. The number of hydrogen-bond donors (Lipinski definition) is 1. The molecule has 0 unspecified atom stereocenters. The first-order valence-corrected chi connectivity index (χ1v) is 6.07. The molecule has 0 saturated carbocycles. The summed E-state index contributed by atoms with van der Waals surface area (Å²) in [6.07, 6.45) is 3.89. The standard InChI is InChI=1S/C14H17N3O2/c1-19-14(18)13(15)7-12-8-16-10-17(12)9-11-5-3-2-4-6-11/h2-6,8,10,13H,7,9,15H2,1H3/t13-/m0/s1. The minimum absolute atomic E-state index is 0.410. The first-order chi connectivity index (χ1) is 9.20. The predicted octanol–water partition coefficient (Wildman–Crippen LogP) is 0.974. The minimum Gasteiger partial charge on any atom is -0.468 e. The molecule has 1 heterocycles. The molecular weight excluding hydrogens is 242 g/mol. The molecule has 2 aromatic rings. The zero-order valence-electron chi connectivity index (χ0n) is 10.8. The normalized spacial score (nSPS) is 12.1. The Balaban J connectivity index is 2.08. The Hall–Kier alpha value is -2.14. The van der Waals surface area contributed by atoms with Crippen molar-refractivity contribution >= 4 is 5.97 Å². The van der Waals surface area contributed by atoms with Gasteiger partial charge in [-0.2, -0.15) is 0 Å². The van der Waals surface area contributed by atoms with E-state index in [1.807, 2.05) is 34.9 Å². The molecule has 2 N–H and O–H groups in total. The minimum atomic E-state index is -0.656. The summed E-state index contributed by atoms with van der Waals surface area (Å²) in [7, 11) is 1.34. The molecule has 19 heavy (non-hydrogen) atoms. The van der Waals surface area contributed by atoms with E-state index in [4.69, 9.17) is 5.73 Å². The van der Waals surface area contributed by atoms with Crippen LogP contribution in [0.4, 0.5) is 0 Å². The molecule has 0 bridgehead atoms. The van der Waals surface area contributed by atoms with E-state index in [0.717, 1.165) is 5.69 Å². The Bertz CT molecular complexity index is 537. The van der Waals surface area contributed by atoms with Crippen molar-refractivity contribution < 1.29 is 9.53 Å². The lowest BCUT2D eigenvalue weighted by atomic mass is 10.1. The van der Waals surface area contributed by atoms with E-state index in [2.05, 4.69) is 9.72 Å². The highest BCUT2D eigenvalue weighted by molar-refractivity contribution is 5.75. The van der Waals surface area contributed by atoms with Gasteiger partial charge in [-0.15, -0.1) is 0 Å². The Morgan fingerprint density at radius 3 is 2.84 bits per heavy atom. The van der Waals surface area contributed by atoms with E-state index in [0.29, 0.717) is 13.0 Å². The fourth-order valence-corrected chi connectivity index (χ4v) is 1.90. The van der Waals surface area contributed by atoms with E-state index in [1.165, 1.54) is 12.7 Å². The first kappa shape index (κ1) is 13.3. The highest BCUT2D eigenvalue weighted by Crippen LogP contribution is 2.08. The Morgan fingerprint density at radius 1 is 1.42 bits per heavy atom. The molecule has 0 aliphatic heterocycles. The lowest BCUT2D eigenvalue weighted by Gasteiger charge is -2.11. The summed E-state index contributed by atoms with van der Waals surface area (Å²) in [5.74, 6) is -0.410. The molecule has 2 rings (SSSR count). The molecule has 0 radical (unpaired) electrons. The number of ether oxygens (including phenoxy) is 1. The van der Waals surface area contributed by atoms with Gasteiger partial charge in [-0.25, -0.2) is 4.98 Å². The summed E-state index contributed by atoms with van der Waals surface area (Å²) in [5, 5.41) is 0. The van der Waals surface area contributed by atoms with Crippen LogP contribution in [0, 0.1) is 0 Å². The van der Waals surface area contributed by atoms with Crippen molar-refractivity contribution in [3.05, 3.63) is 54.1 Å². The van der Waals surface area contributed by atoms with Gasteiger partial charge in [0.2, 0.25) is 0 Å². The van der Waals surface area contributed by atoms with Crippen molar-refractivity contribution in [3.8, 4) is 0 Å². The number of benzene rings is 1. The van der Waals surface area contributed by atoms with E-state index in [9.17, 15) is 4.79 Å².